The predicted molar refractivity (Wildman–Crippen MR) is 97.7 cm³/mol. The Hall–Kier alpha value is -1.78. The lowest BCUT2D eigenvalue weighted by molar-refractivity contribution is -0.0953. The molecule has 2 aromatic carbocycles. The first kappa shape index (κ1) is 17.6. The molecule has 1 N–H and O–H groups in total. The summed E-state index contributed by atoms with van der Waals surface area (Å²) in [5.74, 6) is -1.12. The molecule has 2 aliphatic heterocycles. The lowest BCUT2D eigenvalue weighted by atomic mass is 9.73. The van der Waals surface area contributed by atoms with E-state index < -0.39 is 17.2 Å². The normalized spacial score (nSPS) is 28.9. The van der Waals surface area contributed by atoms with Gasteiger partial charge in [0.25, 0.3) is 0 Å². The Morgan fingerprint density at radius 1 is 0.923 bits per heavy atom. The van der Waals surface area contributed by atoms with E-state index in [0.717, 1.165) is 25.8 Å². The summed E-state index contributed by atoms with van der Waals surface area (Å²) in [7, 11) is 0. The third kappa shape index (κ3) is 3.53. The number of halogens is 2. The molecular formula is C22H25F2NO. The Balaban J connectivity index is 1.53. The van der Waals surface area contributed by atoms with Crippen molar-refractivity contribution in [1.29, 1.82) is 0 Å². The molecule has 2 heterocycles. The maximum Gasteiger partial charge on any atom is 0.129 e. The van der Waals surface area contributed by atoms with Crippen LogP contribution in [0.15, 0.2) is 48.5 Å². The third-order valence-electron chi connectivity index (χ3n) is 6.02. The van der Waals surface area contributed by atoms with Crippen molar-refractivity contribution < 1.29 is 13.9 Å². The molecule has 2 atom stereocenters. The molecule has 0 amide bonds. The van der Waals surface area contributed by atoms with E-state index in [2.05, 4.69) is 17.0 Å². The van der Waals surface area contributed by atoms with Crippen LogP contribution in [0.25, 0.3) is 0 Å². The van der Waals surface area contributed by atoms with Crippen molar-refractivity contribution in [2.75, 3.05) is 0 Å². The van der Waals surface area contributed by atoms with Gasteiger partial charge in [-0.2, -0.15) is 0 Å². The Bertz CT molecular complexity index is 730. The van der Waals surface area contributed by atoms with Gasteiger partial charge in [0.2, 0.25) is 0 Å². The van der Waals surface area contributed by atoms with Gasteiger partial charge in [0.05, 0.1) is 5.60 Å². The summed E-state index contributed by atoms with van der Waals surface area (Å²) in [4.78, 5) is 2.49. The average molecular weight is 357 g/mol. The number of nitrogens with zero attached hydrogens (tertiary/aromatic N) is 1. The lowest BCUT2D eigenvalue weighted by Gasteiger charge is -2.52. The van der Waals surface area contributed by atoms with Crippen molar-refractivity contribution in [2.24, 2.45) is 0 Å². The maximum atomic E-state index is 14.1. The second-order valence-corrected chi connectivity index (χ2v) is 7.91. The molecular weight excluding hydrogens is 332 g/mol. The smallest absolute Gasteiger partial charge is 0.129 e. The zero-order chi connectivity index (χ0) is 18.1. The van der Waals surface area contributed by atoms with Gasteiger partial charge in [-0.05, 0) is 43.4 Å². The van der Waals surface area contributed by atoms with E-state index in [1.165, 1.54) is 23.8 Å². The first-order valence-corrected chi connectivity index (χ1v) is 9.49. The van der Waals surface area contributed by atoms with Crippen LogP contribution in [0.4, 0.5) is 8.78 Å². The van der Waals surface area contributed by atoms with Crippen LogP contribution in [0.2, 0.25) is 0 Å². The fourth-order valence-electron chi connectivity index (χ4n) is 4.85. The van der Waals surface area contributed by atoms with Gasteiger partial charge in [0, 0.05) is 30.6 Å². The van der Waals surface area contributed by atoms with Crippen LogP contribution in [0.1, 0.15) is 43.2 Å². The minimum Gasteiger partial charge on any atom is -0.389 e. The largest absolute Gasteiger partial charge is 0.389 e. The van der Waals surface area contributed by atoms with Crippen molar-refractivity contribution >= 4 is 0 Å². The van der Waals surface area contributed by atoms with Gasteiger partial charge in [-0.1, -0.05) is 42.8 Å². The fourth-order valence-corrected chi connectivity index (χ4v) is 4.85. The summed E-state index contributed by atoms with van der Waals surface area (Å²) in [5, 5.41) is 11.2. The monoisotopic (exact) mass is 357 g/mol. The number of rotatable bonds is 4. The van der Waals surface area contributed by atoms with Crippen LogP contribution < -0.4 is 0 Å². The van der Waals surface area contributed by atoms with Crippen molar-refractivity contribution in [3.05, 3.63) is 71.3 Å². The first-order chi connectivity index (χ1) is 12.5. The molecule has 2 aromatic rings. The minimum atomic E-state index is -1.04. The van der Waals surface area contributed by atoms with Gasteiger partial charge in [-0.15, -0.1) is 0 Å². The molecule has 2 saturated heterocycles. The molecule has 2 unspecified atom stereocenters. The molecule has 4 rings (SSSR count). The second kappa shape index (κ2) is 7.09. The van der Waals surface area contributed by atoms with Gasteiger partial charge in [0.15, 0.2) is 0 Å². The molecule has 0 aliphatic carbocycles. The maximum absolute atomic E-state index is 14.1. The predicted octanol–water partition coefficient (Wildman–Crippen LogP) is 4.46. The number of fused-ring (bicyclic) bond motifs is 2. The van der Waals surface area contributed by atoms with Gasteiger partial charge >= 0.3 is 0 Å². The molecule has 2 bridgehead atoms. The summed E-state index contributed by atoms with van der Waals surface area (Å²) < 4.78 is 28.1. The highest BCUT2D eigenvalue weighted by atomic mass is 19.1. The Kier molecular flexibility index (Phi) is 4.80. The van der Waals surface area contributed by atoms with Gasteiger partial charge in [-0.25, -0.2) is 8.78 Å². The third-order valence-corrected chi connectivity index (χ3v) is 6.02. The molecule has 138 valence electrons. The van der Waals surface area contributed by atoms with Gasteiger partial charge < -0.3 is 5.11 Å². The van der Waals surface area contributed by atoms with E-state index in [0.29, 0.717) is 12.8 Å². The quantitative estimate of drug-likeness (QED) is 0.874. The van der Waals surface area contributed by atoms with Crippen molar-refractivity contribution in [3.63, 3.8) is 0 Å². The van der Waals surface area contributed by atoms with Gasteiger partial charge in [0.1, 0.15) is 11.6 Å². The average Bonchev–Trinajstić information content (AvgIpc) is 2.60. The number of aliphatic hydroxyl groups is 1. The molecule has 4 heteroatoms. The molecule has 26 heavy (non-hydrogen) atoms. The number of piperidine rings is 2. The van der Waals surface area contributed by atoms with Crippen LogP contribution in [0, 0.1) is 11.6 Å². The topological polar surface area (TPSA) is 23.5 Å². The Labute approximate surface area is 153 Å². The molecule has 2 nitrogen and oxygen atoms in total. The molecule has 2 aliphatic rings. The van der Waals surface area contributed by atoms with Crippen LogP contribution in [0.3, 0.4) is 0 Å². The van der Waals surface area contributed by atoms with Crippen molar-refractivity contribution in [1.82, 2.24) is 4.90 Å². The first-order valence-electron chi connectivity index (χ1n) is 9.49. The number of benzene rings is 2. The van der Waals surface area contributed by atoms with Gasteiger partial charge in [-0.3, -0.25) is 4.90 Å². The number of hydrogen-bond acceptors (Lipinski definition) is 2. The van der Waals surface area contributed by atoms with Crippen LogP contribution in [0.5, 0.6) is 0 Å². The summed E-state index contributed by atoms with van der Waals surface area (Å²) in [6.45, 7) is 0.875. The SMILES string of the molecule is OC1(Cc2c(F)cccc2F)CC2CCCC(C1)N2Cc1ccccc1. The van der Waals surface area contributed by atoms with E-state index in [1.54, 1.807) is 0 Å². The lowest BCUT2D eigenvalue weighted by Crippen LogP contribution is -2.58. The highest BCUT2D eigenvalue weighted by Gasteiger charge is 2.45. The van der Waals surface area contributed by atoms with E-state index >= 15 is 0 Å². The van der Waals surface area contributed by atoms with E-state index in [9.17, 15) is 13.9 Å². The highest BCUT2D eigenvalue weighted by molar-refractivity contribution is 5.23. The van der Waals surface area contributed by atoms with E-state index in [1.807, 2.05) is 18.2 Å². The van der Waals surface area contributed by atoms with Crippen LogP contribution >= 0.6 is 0 Å². The molecule has 0 spiro atoms. The highest BCUT2D eigenvalue weighted by Crippen LogP contribution is 2.41. The van der Waals surface area contributed by atoms with E-state index in [4.69, 9.17) is 0 Å². The molecule has 0 saturated carbocycles. The summed E-state index contributed by atoms with van der Waals surface area (Å²) in [6.07, 6.45) is 4.42. The van der Waals surface area contributed by atoms with Crippen LogP contribution in [-0.2, 0) is 13.0 Å². The molecule has 2 fully saturated rings. The van der Waals surface area contributed by atoms with Crippen molar-refractivity contribution in [3.8, 4) is 0 Å². The zero-order valence-corrected chi connectivity index (χ0v) is 14.9. The summed E-state index contributed by atoms with van der Waals surface area (Å²) >= 11 is 0. The summed E-state index contributed by atoms with van der Waals surface area (Å²) in [5.41, 5.74) is 0.256. The van der Waals surface area contributed by atoms with Crippen LogP contribution in [-0.4, -0.2) is 27.7 Å². The Morgan fingerprint density at radius 3 is 2.15 bits per heavy atom. The Morgan fingerprint density at radius 2 is 1.54 bits per heavy atom. The standard InChI is InChI=1S/C22H25F2NO/c23-20-10-5-11-21(24)19(20)14-22(26)12-17-8-4-9-18(13-22)25(17)15-16-6-2-1-3-7-16/h1-3,5-7,10-11,17-18,26H,4,8-9,12-15H2. The number of hydrogen-bond donors (Lipinski definition) is 1. The molecule has 0 aromatic heterocycles. The second-order valence-electron chi connectivity index (χ2n) is 7.91. The van der Waals surface area contributed by atoms with E-state index in [-0.39, 0.29) is 24.1 Å². The zero-order valence-electron chi connectivity index (χ0n) is 14.9. The summed E-state index contributed by atoms with van der Waals surface area (Å²) in [6, 6.07) is 14.8. The minimum absolute atomic E-state index is 0.0181. The van der Waals surface area contributed by atoms with Crippen molar-refractivity contribution in [2.45, 2.75) is 62.8 Å². The molecule has 0 radical (unpaired) electrons. The fraction of sp³-hybridized carbons (Fsp3) is 0.455.